The number of carboxylic acid groups (broad SMARTS) is 1. The summed E-state index contributed by atoms with van der Waals surface area (Å²) >= 11 is 0. The first kappa shape index (κ1) is 21.5. The third-order valence-corrected chi connectivity index (χ3v) is 5.16. The van der Waals surface area contributed by atoms with E-state index in [0.29, 0.717) is 12.1 Å². The molecule has 2 N–H and O–H groups in total. The van der Waals surface area contributed by atoms with E-state index in [1.165, 1.54) is 0 Å². The topological polar surface area (TPSA) is 82.1 Å². The summed E-state index contributed by atoms with van der Waals surface area (Å²) in [5, 5.41) is 12.4. The number of carbonyl (C=O) groups excluding carboxylic acids is 1. The minimum Gasteiger partial charge on any atom is -0.497 e. The largest absolute Gasteiger partial charge is 0.497 e. The number of hydrogen-bond acceptors (Lipinski definition) is 5. The molecule has 3 rings (SSSR count). The van der Waals surface area contributed by atoms with Crippen LogP contribution in [0.5, 0.6) is 5.75 Å². The summed E-state index contributed by atoms with van der Waals surface area (Å²) in [6, 6.07) is 13.2. The summed E-state index contributed by atoms with van der Waals surface area (Å²) < 4.78 is 5.31. The lowest BCUT2D eigenvalue weighted by atomic mass is 10.1. The van der Waals surface area contributed by atoms with Gasteiger partial charge in [-0.15, -0.1) is 0 Å². The molecule has 2 aromatic rings. The highest BCUT2D eigenvalue weighted by molar-refractivity contribution is 6.01. The number of methoxy groups -OCH3 is 1. The molecular formula is C23H29N3O4. The maximum absolute atomic E-state index is 12.1. The summed E-state index contributed by atoms with van der Waals surface area (Å²) in [5.41, 5.74) is 2.41. The van der Waals surface area contributed by atoms with Crippen molar-refractivity contribution in [3.63, 3.8) is 0 Å². The van der Waals surface area contributed by atoms with Crippen molar-refractivity contribution >= 4 is 28.9 Å². The lowest BCUT2D eigenvalue weighted by molar-refractivity contribution is -0.116. The molecule has 160 valence electrons. The molecule has 1 aliphatic rings. The first-order valence-electron chi connectivity index (χ1n) is 10.2. The van der Waals surface area contributed by atoms with Crippen LogP contribution in [0.4, 0.5) is 17.1 Å². The molecule has 0 aromatic heterocycles. The molecule has 7 nitrogen and oxygen atoms in total. The molecule has 0 atom stereocenters. The molecule has 1 fully saturated rings. The Hall–Kier alpha value is -3.22. The molecule has 0 spiro atoms. The van der Waals surface area contributed by atoms with Crippen LogP contribution in [0.25, 0.3) is 0 Å². The van der Waals surface area contributed by atoms with E-state index < -0.39 is 5.97 Å². The summed E-state index contributed by atoms with van der Waals surface area (Å²) in [6.45, 7) is 7.09. The molecule has 1 saturated heterocycles. The van der Waals surface area contributed by atoms with E-state index in [1.807, 2.05) is 38.1 Å². The molecular weight excluding hydrogens is 382 g/mol. The Balaban J connectivity index is 1.70. The van der Waals surface area contributed by atoms with E-state index in [1.54, 1.807) is 19.2 Å². The third-order valence-electron chi connectivity index (χ3n) is 5.16. The number of carboxylic acids is 1. The Labute approximate surface area is 177 Å². The van der Waals surface area contributed by atoms with E-state index in [4.69, 9.17) is 4.74 Å². The number of carbonyl (C=O) groups is 2. The number of nitrogens with zero attached hydrogens (tertiary/aromatic N) is 2. The third kappa shape index (κ3) is 5.23. The first-order chi connectivity index (χ1) is 14.4. The predicted molar refractivity (Wildman–Crippen MR) is 119 cm³/mol. The monoisotopic (exact) mass is 411 g/mol. The molecule has 0 unspecified atom stereocenters. The fraction of sp³-hybridized carbons (Fsp3) is 0.391. The minimum atomic E-state index is -1.05. The maximum Gasteiger partial charge on any atom is 0.337 e. The van der Waals surface area contributed by atoms with Gasteiger partial charge in [0.15, 0.2) is 0 Å². The van der Waals surface area contributed by atoms with Gasteiger partial charge in [-0.25, -0.2) is 4.79 Å². The van der Waals surface area contributed by atoms with Crippen LogP contribution in [0.2, 0.25) is 0 Å². The second-order valence-corrected chi connectivity index (χ2v) is 7.86. The second kappa shape index (κ2) is 9.52. The van der Waals surface area contributed by atoms with Gasteiger partial charge in [-0.05, 0) is 36.2 Å². The summed E-state index contributed by atoms with van der Waals surface area (Å²) in [6.07, 6.45) is 0.354. The second-order valence-electron chi connectivity index (χ2n) is 7.86. The normalized spacial score (nSPS) is 14.0. The number of benzene rings is 2. The Morgan fingerprint density at radius 3 is 2.23 bits per heavy atom. The van der Waals surface area contributed by atoms with Gasteiger partial charge in [-0.2, -0.15) is 0 Å². The number of amides is 1. The van der Waals surface area contributed by atoms with Gasteiger partial charge in [0.2, 0.25) is 5.91 Å². The zero-order valence-electron chi connectivity index (χ0n) is 17.7. The number of aromatic carboxylic acids is 1. The molecule has 1 heterocycles. The number of rotatable bonds is 7. The fourth-order valence-corrected chi connectivity index (χ4v) is 3.62. The van der Waals surface area contributed by atoms with Crippen LogP contribution in [0, 0.1) is 5.92 Å². The van der Waals surface area contributed by atoms with Gasteiger partial charge in [-0.3, -0.25) is 4.79 Å². The van der Waals surface area contributed by atoms with Crippen molar-refractivity contribution in [2.24, 2.45) is 5.92 Å². The lowest BCUT2D eigenvalue weighted by Crippen LogP contribution is -2.46. The molecule has 0 aliphatic carbocycles. The smallest absolute Gasteiger partial charge is 0.337 e. The average molecular weight is 412 g/mol. The number of ether oxygens (including phenoxy) is 1. The van der Waals surface area contributed by atoms with Crippen molar-refractivity contribution in [3.8, 4) is 5.75 Å². The Morgan fingerprint density at radius 2 is 1.67 bits per heavy atom. The molecule has 30 heavy (non-hydrogen) atoms. The Bertz CT molecular complexity index is 905. The standard InChI is InChI=1S/C23H29N3O4/c1-16(2)13-22(27)24-21-8-7-18(15-20(21)23(28)29)26-11-9-25(10-12-26)17-5-4-6-19(14-17)30-3/h4-8,14-16H,9-13H2,1-3H3,(H,24,27)(H,28,29). The molecule has 0 bridgehead atoms. The first-order valence-corrected chi connectivity index (χ1v) is 10.2. The average Bonchev–Trinajstić information content (AvgIpc) is 2.73. The van der Waals surface area contributed by atoms with Gasteiger partial charge in [0.05, 0.1) is 18.4 Å². The number of nitrogens with one attached hydrogen (secondary N) is 1. The molecule has 2 aromatic carbocycles. The van der Waals surface area contributed by atoms with Gasteiger partial charge < -0.3 is 25.0 Å². The van der Waals surface area contributed by atoms with Crippen LogP contribution in [0.3, 0.4) is 0 Å². The minimum absolute atomic E-state index is 0.111. The van der Waals surface area contributed by atoms with Crippen molar-refractivity contribution in [3.05, 3.63) is 48.0 Å². The molecule has 0 saturated carbocycles. The van der Waals surface area contributed by atoms with Crippen LogP contribution in [0.1, 0.15) is 30.6 Å². The lowest BCUT2D eigenvalue weighted by Gasteiger charge is -2.37. The van der Waals surface area contributed by atoms with Gasteiger partial charge in [-0.1, -0.05) is 19.9 Å². The van der Waals surface area contributed by atoms with Crippen LogP contribution in [-0.2, 0) is 4.79 Å². The van der Waals surface area contributed by atoms with E-state index in [2.05, 4.69) is 21.2 Å². The van der Waals surface area contributed by atoms with Crippen LogP contribution in [-0.4, -0.2) is 50.3 Å². The molecule has 1 aliphatic heterocycles. The van der Waals surface area contributed by atoms with Gasteiger partial charge in [0.1, 0.15) is 5.75 Å². The quantitative estimate of drug-likeness (QED) is 0.723. The number of hydrogen-bond donors (Lipinski definition) is 2. The van der Waals surface area contributed by atoms with Gasteiger partial charge in [0.25, 0.3) is 0 Å². The van der Waals surface area contributed by atoms with Crippen molar-refractivity contribution in [2.75, 3.05) is 48.4 Å². The summed E-state index contributed by atoms with van der Waals surface area (Å²) in [5.74, 6) is -0.187. The van der Waals surface area contributed by atoms with Crippen molar-refractivity contribution in [1.82, 2.24) is 0 Å². The number of anilines is 3. The predicted octanol–water partition coefficient (Wildman–Crippen LogP) is 3.70. The molecule has 0 radical (unpaired) electrons. The summed E-state index contributed by atoms with van der Waals surface area (Å²) in [4.78, 5) is 28.3. The van der Waals surface area contributed by atoms with Crippen molar-refractivity contribution in [1.29, 1.82) is 0 Å². The van der Waals surface area contributed by atoms with Gasteiger partial charge in [0, 0.05) is 50.0 Å². The van der Waals surface area contributed by atoms with Crippen LogP contribution in [0.15, 0.2) is 42.5 Å². The van der Waals surface area contributed by atoms with Crippen LogP contribution < -0.4 is 19.9 Å². The zero-order chi connectivity index (χ0) is 21.7. The SMILES string of the molecule is COc1cccc(N2CCN(c3ccc(NC(=O)CC(C)C)c(C(=O)O)c3)CC2)c1. The van der Waals surface area contributed by atoms with E-state index in [0.717, 1.165) is 43.3 Å². The highest BCUT2D eigenvalue weighted by atomic mass is 16.5. The highest BCUT2D eigenvalue weighted by Crippen LogP contribution is 2.27. The highest BCUT2D eigenvalue weighted by Gasteiger charge is 2.21. The number of piperazine rings is 1. The summed E-state index contributed by atoms with van der Waals surface area (Å²) in [7, 11) is 1.66. The van der Waals surface area contributed by atoms with E-state index in [9.17, 15) is 14.7 Å². The van der Waals surface area contributed by atoms with Crippen LogP contribution >= 0.6 is 0 Å². The Kier molecular flexibility index (Phi) is 6.82. The van der Waals surface area contributed by atoms with E-state index >= 15 is 0 Å². The van der Waals surface area contributed by atoms with E-state index in [-0.39, 0.29) is 17.4 Å². The Morgan fingerprint density at radius 1 is 1.03 bits per heavy atom. The van der Waals surface area contributed by atoms with Gasteiger partial charge >= 0.3 is 5.97 Å². The maximum atomic E-state index is 12.1. The fourth-order valence-electron chi connectivity index (χ4n) is 3.62. The molecule has 7 heteroatoms. The molecule has 1 amide bonds. The van der Waals surface area contributed by atoms with Crippen molar-refractivity contribution in [2.45, 2.75) is 20.3 Å². The zero-order valence-corrected chi connectivity index (χ0v) is 17.7. The van der Waals surface area contributed by atoms with Crippen molar-refractivity contribution < 1.29 is 19.4 Å².